The summed E-state index contributed by atoms with van der Waals surface area (Å²) in [6.07, 6.45) is 1.44. The van der Waals surface area contributed by atoms with Crippen LogP contribution >= 0.6 is 11.8 Å². The number of thioether (sulfide) groups is 1. The maximum absolute atomic E-state index is 12.8. The van der Waals surface area contributed by atoms with Gasteiger partial charge in [0.25, 0.3) is 11.8 Å². The Balaban J connectivity index is 1.63. The lowest BCUT2D eigenvalue weighted by atomic mass is 10.1. The monoisotopic (exact) mass is 382 g/mol. The van der Waals surface area contributed by atoms with Gasteiger partial charge in [-0.3, -0.25) is 9.59 Å². The summed E-state index contributed by atoms with van der Waals surface area (Å²) in [5.74, 6) is 1.01. The molecule has 138 valence electrons. The lowest BCUT2D eigenvalue weighted by Crippen LogP contribution is -2.34. The van der Waals surface area contributed by atoms with Gasteiger partial charge in [-0.15, -0.1) is 0 Å². The Kier molecular flexibility index (Phi) is 4.53. The first-order chi connectivity index (χ1) is 13.1. The summed E-state index contributed by atoms with van der Waals surface area (Å²) >= 11 is 1.63. The second-order valence-corrected chi connectivity index (χ2v) is 7.12. The SMILES string of the molecule is CSCc1c(C(=O)Nc2ccc3c(c2)NC(=O)[C@@H](C)O3)oc2ccccc12. The molecule has 4 rings (SSSR count). The van der Waals surface area contributed by atoms with Gasteiger partial charge in [-0.1, -0.05) is 18.2 Å². The van der Waals surface area contributed by atoms with Gasteiger partial charge in [0.15, 0.2) is 11.9 Å². The molecule has 2 aromatic carbocycles. The zero-order valence-corrected chi connectivity index (χ0v) is 15.7. The molecule has 3 aromatic rings. The number of nitrogens with one attached hydrogen (secondary N) is 2. The Morgan fingerprint density at radius 2 is 2.07 bits per heavy atom. The first-order valence-corrected chi connectivity index (χ1v) is 9.88. The molecular formula is C20H18N2O4S. The average Bonchev–Trinajstić information content (AvgIpc) is 3.02. The second kappa shape index (κ2) is 7.00. The molecule has 1 aliphatic rings. The highest BCUT2D eigenvalue weighted by Crippen LogP contribution is 2.33. The van der Waals surface area contributed by atoms with E-state index in [9.17, 15) is 9.59 Å². The van der Waals surface area contributed by atoms with Crippen molar-refractivity contribution in [1.82, 2.24) is 0 Å². The number of ether oxygens (including phenoxy) is 1. The van der Waals surface area contributed by atoms with E-state index in [4.69, 9.17) is 9.15 Å². The van der Waals surface area contributed by atoms with Crippen molar-refractivity contribution in [2.75, 3.05) is 16.9 Å². The number of hydrogen-bond acceptors (Lipinski definition) is 5. The third kappa shape index (κ3) is 3.26. The second-order valence-electron chi connectivity index (χ2n) is 6.25. The molecule has 1 aliphatic heterocycles. The van der Waals surface area contributed by atoms with Crippen molar-refractivity contribution in [1.29, 1.82) is 0 Å². The highest BCUT2D eigenvalue weighted by Gasteiger charge is 2.24. The molecule has 2 N–H and O–H groups in total. The number of carbonyl (C=O) groups excluding carboxylic acids is 2. The van der Waals surface area contributed by atoms with Crippen molar-refractivity contribution in [2.24, 2.45) is 0 Å². The predicted octanol–water partition coefficient (Wildman–Crippen LogP) is 4.27. The fourth-order valence-corrected chi connectivity index (χ4v) is 3.62. The van der Waals surface area contributed by atoms with E-state index in [0.29, 0.717) is 34.2 Å². The molecule has 0 fully saturated rings. The van der Waals surface area contributed by atoms with E-state index in [1.54, 1.807) is 36.9 Å². The summed E-state index contributed by atoms with van der Waals surface area (Å²) in [5.41, 5.74) is 2.64. The van der Waals surface area contributed by atoms with Crippen molar-refractivity contribution in [3.63, 3.8) is 0 Å². The van der Waals surface area contributed by atoms with Crippen LogP contribution in [0.5, 0.6) is 5.75 Å². The van der Waals surface area contributed by atoms with Crippen LogP contribution in [0.2, 0.25) is 0 Å². The van der Waals surface area contributed by atoms with E-state index in [1.807, 2.05) is 30.5 Å². The molecule has 27 heavy (non-hydrogen) atoms. The van der Waals surface area contributed by atoms with Crippen LogP contribution in [0.1, 0.15) is 23.0 Å². The number of benzene rings is 2. The molecule has 2 amide bonds. The molecule has 0 unspecified atom stereocenters. The molecule has 0 saturated carbocycles. The van der Waals surface area contributed by atoms with Crippen LogP contribution in [0.4, 0.5) is 11.4 Å². The molecule has 0 radical (unpaired) electrons. The molecule has 0 spiro atoms. The van der Waals surface area contributed by atoms with Crippen LogP contribution < -0.4 is 15.4 Å². The summed E-state index contributed by atoms with van der Waals surface area (Å²) in [7, 11) is 0. The predicted molar refractivity (Wildman–Crippen MR) is 107 cm³/mol. The van der Waals surface area contributed by atoms with E-state index < -0.39 is 6.10 Å². The van der Waals surface area contributed by atoms with Crippen LogP contribution in [-0.4, -0.2) is 24.2 Å². The summed E-state index contributed by atoms with van der Waals surface area (Å²) in [6, 6.07) is 12.7. The van der Waals surface area contributed by atoms with Gasteiger partial charge in [0.1, 0.15) is 11.3 Å². The number of para-hydroxylation sites is 1. The topological polar surface area (TPSA) is 80.6 Å². The summed E-state index contributed by atoms with van der Waals surface area (Å²) < 4.78 is 11.3. The minimum Gasteiger partial charge on any atom is -0.479 e. The summed E-state index contributed by atoms with van der Waals surface area (Å²) in [4.78, 5) is 24.6. The smallest absolute Gasteiger partial charge is 0.291 e. The Labute approximate surface area is 160 Å². The lowest BCUT2D eigenvalue weighted by Gasteiger charge is -2.23. The minimum atomic E-state index is -0.539. The summed E-state index contributed by atoms with van der Waals surface area (Å²) in [6.45, 7) is 1.68. The van der Waals surface area contributed by atoms with Crippen LogP contribution in [-0.2, 0) is 10.5 Å². The third-order valence-electron chi connectivity index (χ3n) is 4.36. The summed E-state index contributed by atoms with van der Waals surface area (Å²) in [5, 5.41) is 6.56. The van der Waals surface area contributed by atoms with Crippen molar-refractivity contribution < 1.29 is 18.7 Å². The Bertz CT molecular complexity index is 1040. The maximum atomic E-state index is 12.8. The standard InChI is InChI=1S/C20H18N2O4S/c1-11-19(23)22-15-9-12(7-8-17(15)25-11)21-20(24)18-14(10-27-2)13-5-3-4-6-16(13)26-18/h3-9,11H,10H2,1-2H3,(H,21,24)(H,22,23)/t11-/m1/s1. The van der Waals surface area contributed by atoms with E-state index in [-0.39, 0.29) is 11.8 Å². The van der Waals surface area contributed by atoms with Gasteiger partial charge in [-0.05, 0) is 37.4 Å². The number of hydrogen-bond donors (Lipinski definition) is 2. The van der Waals surface area contributed by atoms with Crippen molar-refractivity contribution in [3.05, 3.63) is 53.8 Å². The Hall–Kier alpha value is -2.93. The number of rotatable bonds is 4. The third-order valence-corrected chi connectivity index (χ3v) is 4.94. The van der Waals surface area contributed by atoms with E-state index in [2.05, 4.69) is 10.6 Å². The quantitative estimate of drug-likeness (QED) is 0.704. The zero-order chi connectivity index (χ0) is 19.0. The van der Waals surface area contributed by atoms with Gasteiger partial charge in [-0.2, -0.15) is 11.8 Å². The Morgan fingerprint density at radius 3 is 2.89 bits per heavy atom. The van der Waals surface area contributed by atoms with Gasteiger partial charge in [0.05, 0.1) is 5.69 Å². The first-order valence-electron chi connectivity index (χ1n) is 8.49. The van der Waals surface area contributed by atoms with Crippen molar-refractivity contribution >= 4 is 45.9 Å². The average molecular weight is 382 g/mol. The molecule has 0 bridgehead atoms. The fraction of sp³-hybridized carbons (Fsp3) is 0.200. The minimum absolute atomic E-state index is 0.217. The number of anilines is 2. The number of carbonyl (C=O) groups is 2. The van der Waals surface area contributed by atoms with Crippen LogP contribution in [0.15, 0.2) is 46.9 Å². The Morgan fingerprint density at radius 1 is 1.26 bits per heavy atom. The highest BCUT2D eigenvalue weighted by atomic mass is 32.2. The molecule has 6 nitrogen and oxygen atoms in total. The van der Waals surface area contributed by atoms with Gasteiger partial charge in [0, 0.05) is 22.4 Å². The van der Waals surface area contributed by atoms with Gasteiger partial charge in [0.2, 0.25) is 0 Å². The number of amides is 2. The molecule has 1 atom stereocenters. The molecule has 0 aliphatic carbocycles. The first kappa shape index (κ1) is 17.5. The normalized spacial score (nSPS) is 15.8. The molecule has 1 aromatic heterocycles. The van der Waals surface area contributed by atoms with Crippen LogP contribution in [0.25, 0.3) is 11.0 Å². The van der Waals surface area contributed by atoms with Crippen LogP contribution in [0.3, 0.4) is 0 Å². The molecule has 7 heteroatoms. The lowest BCUT2D eigenvalue weighted by molar-refractivity contribution is -0.122. The van der Waals surface area contributed by atoms with Crippen molar-refractivity contribution in [2.45, 2.75) is 18.8 Å². The fourth-order valence-electron chi connectivity index (χ4n) is 3.04. The maximum Gasteiger partial charge on any atom is 0.291 e. The molecule has 2 heterocycles. The van der Waals surface area contributed by atoms with Crippen LogP contribution in [0, 0.1) is 0 Å². The zero-order valence-electron chi connectivity index (χ0n) is 14.9. The van der Waals surface area contributed by atoms with Crippen molar-refractivity contribution in [3.8, 4) is 5.75 Å². The van der Waals surface area contributed by atoms with E-state index in [0.717, 1.165) is 10.9 Å². The number of fused-ring (bicyclic) bond motifs is 2. The number of furan rings is 1. The van der Waals surface area contributed by atoms with E-state index >= 15 is 0 Å². The van der Waals surface area contributed by atoms with Gasteiger partial charge >= 0.3 is 0 Å². The van der Waals surface area contributed by atoms with E-state index in [1.165, 1.54) is 0 Å². The largest absolute Gasteiger partial charge is 0.479 e. The molecular weight excluding hydrogens is 364 g/mol. The highest BCUT2D eigenvalue weighted by molar-refractivity contribution is 7.97. The van der Waals surface area contributed by atoms with Gasteiger partial charge < -0.3 is 19.8 Å². The van der Waals surface area contributed by atoms with Gasteiger partial charge in [-0.25, -0.2) is 0 Å². The molecule has 0 saturated heterocycles.